The van der Waals surface area contributed by atoms with Gasteiger partial charge in [0.05, 0.1) is 17.7 Å². The molecule has 1 aromatic rings. The zero-order valence-electron chi connectivity index (χ0n) is 9.73. The smallest absolute Gasteiger partial charge is 0.253 e. The first-order chi connectivity index (χ1) is 7.67. The Morgan fingerprint density at radius 2 is 2.19 bits per heavy atom. The van der Waals surface area contributed by atoms with Gasteiger partial charge in [0, 0.05) is 12.4 Å². The first-order valence-corrected chi connectivity index (χ1v) is 5.51. The number of amides is 1. The average Bonchev–Trinajstić information content (AvgIpc) is 2.37. The molecule has 0 bridgehead atoms. The molecular formula is C12H18N2O2. The van der Waals surface area contributed by atoms with E-state index in [1.54, 1.807) is 18.3 Å². The van der Waals surface area contributed by atoms with Crippen molar-refractivity contribution in [1.29, 1.82) is 0 Å². The van der Waals surface area contributed by atoms with Crippen molar-refractivity contribution in [3.05, 3.63) is 30.1 Å². The summed E-state index contributed by atoms with van der Waals surface area (Å²) >= 11 is 0. The number of rotatable bonds is 5. The molecule has 0 aliphatic carbocycles. The van der Waals surface area contributed by atoms with Gasteiger partial charge in [-0.05, 0) is 25.0 Å². The topological polar surface area (TPSA) is 62.2 Å². The number of hydrogen-bond acceptors (Lipinski definition) is 3. The zero-order chi connectivity index (χ0) is 12.0. The molecule has 0 aromatic carbocycles. The van der Waals surface area contributed by atoms with Crippen LogP contribution in [0, 0.1) is 0 Å². The van der Waals surface area contributed by atoms with Gasteiger partial charge < -0.3 is 10.4 Å². The lowest BCUT2D eigenvalue weighted by atomic mass is 9.93. The van der Waals surface area contributed by atoms with E-state index in [2.05, 4.69) is 10.3 Å². The normalized spacial score (nSPS) is 11.2. The van der Waals surface area contributed by atoms with Crippen LogP contribution in [0.2, 0.25) is 0 Å². The number of pyridine rings is 1. The maximum atomic E-state index is 11.9. The lowest BCUT2D eigenvalue weighted by Crippen LogP contribution is -2.50. The van der Waals surface area contributed by atoms with E-state index in [4.69, 9.17) is 0 Å². The van der Waals surface area contributed by atoms with Crippen LogP contribution in [0.25, 0.3) is 0 Å². The Balaban J connectivity index is 2.77. The quantitative estimate of drug-likeness (QED) is 0.790. The lowest BCUT2D eigenvalue weighted by molar-refractivity contribution is 0.0817. The van der Waals surface area contributed by atoms with Crippen LogP contribution < -0.4 is 5.32 Å². The largest absolute Gasteiger partial charge is 0.394 e. The Labute approximate surface area is 95.7 Å². The molecule has 1 heterocycles. The maximum Gasteiger partial charge on any atom is 0.253 e. The molecule has 0 saturated heterocycles. The lowest BCUT2D eigenvalue weighted by Gasteiger charge is -2.30. The van der Waals surface area contributed by atoms with E-state index in [1.165, 1.54) is 6.20 Å². The van der Waals surface area contributed by atoms with Gasteiger partial charge in [-0.3, -0.25) is 9.78 Å². The fourth-order valence-electron chi connectivity index (χ4n) is 1.50. The van der Waals surface area contributed by atoms with E-state index < -0.39 is 5.54 Å². The Morgan fingerprint density at radius 3 is 2.62 bits per heavy atom. The maximum absolute atomic E-state index is 11.9. The Morgan fingerprint density at radius 1 is 1.50 bits per heavy atom. The minimum atomic E-state index is -0.521. The van der Waals surface area contributed by atoms with Crippen molar-refractivity contribution in [2.24, 2.45) is 0 Å². The van der Waals surface area contributed by atoms with Crippen molar-refractivity contribution in [3.63, 3.8) is 0 Å². The van der Waals surface area contributed by atoms with Crippen molar-refractivity contribution in [2.45, 2.75) is 32.2 Å². The second kappa shape index (κ2) is 5.61. The number of aliphatic hydroxyl groups excluding tert-OH is 1. The molecule has 1 amide bonds. The second-order valence-corrected chi connectivity index (χ2v) is 3.84. The van der Waals surface area contributed by atoms with Gasteiger partial charge in [-0.2, -0.15) is 0 Å². The van der Waals surface area contributed by atoms with Crippen LogP contribution in [0.3, 0.4) is 0 Å². The first-order valence-electron chi connectivity index (χ1n) is 5.51. The molecule has 0 saturated carbocycles. The molecule has 2 N–H and O–H groups in total. The van der Waals surface area contributed by atoms with E-state index in [9.17, 15) is 9.90 Å². The predicted molar refractivity (Wildman–Crippen MR) is 62.1 cm³/mol. The number of nitrogens with one attached hydrogen (secondary N) is 1. The minimum absolute atomic E-state index is 0.0496. The average molecular weight is 222 g/mol. The molecule has 0 fully saturated rings. The number of carbonyl (C=O) groups excluding carboxylic acids is 1. The monoisotopic (exact) mass is 222 g/mol. The van der Waals surface area contributed by atoms with Crippen molar-refractivity contribution >= 4 is 5.91 Å². The van der Waals surface area contributed by atoms with Gasteiger partial charge in [0.1, 0.15) is 0 Å². The van der Waals surface area contributed by atoms with Crippen LogP contribution in [0.1, 0.15) is 37.0 Å². The molecule has 0 unspecified atom stereocenters. The van der Waals surface area contributed by atoms with Crippen LogP contribution >= 0.6 is 0 Å². The highest BCUT2D eigenvalue weighted by Gasteiger charge is 2.27. The predicted octanol–water partition coefficient (Wildman–Crippen LogP) is 1.36. The summed E-state index contributed by atoms with van der Waals surface area (Å²) in [6.07, 6.45) is 4.54. The van der Waals surface area contributed by atoms with Gasteiger partial charge in [0.2, 0.25) is 0 Å². The summed E-state index contributed by atoms with van der Waals surface area (Å²) in [5.41, 5.74) is -0.00496. The van der Waals surface area contributed by atoms with E-state index in [1.807, 2.05) is 13.8 Å². The molecular weight excluding hydrogens is 204 g/mol. The molecule has 16 heavy (non-hydrogen) atoms. The van der Waals surface area contributed by atoms with Crippen molar-refractivity contribution in [3.8, 4) is 0 Å². The summed E-state index contributed by atoms with van der Waals surface area (Å²) in [7, 11) is 0. The fraction of sp³-hybridized carbons (Fsp3) is 0.500. The van der Waals surface area contributed by atoms with E-state index >= 15 is 0 Å². The zero-order valence-corrected chi connectivity index (χ0v) is 9.73. The molecule has 0 atom stereocenters. The van der Waals surface area contributed by atoms with Crippen LogP contribution in [0.4, 0.5) is 0 Å². The Bertz CT molecular complexity index is 326. The standard InChI is InChI=1S/C12H18N2O2/c1-3-12(4-2,9-15)14-11(16)10-6-5-7-13-8-10/h5-8,15H,3-4,9H2,1-2H3,(H,14,16). The van der Waals surface area contributed by atoms with Crippen molar-refractivity contribution in [1.82, 2.24) is 10.3 Å². The van der Waals surface area contributed by atoms with Crippen LogP contribution in [0.15, 0.2) is 24.5 Å². The Kier molecular flexibility index (Phi) is 4.43. The fourth-order valence-corrected chi connectivity index (χ4v) is 1.50. The van der Waals surface area contributed by atoms with Crippen LogP contribution in [-0.4, -0.2) is 28.1 Å². The third-order valence-corrected chi connectivity index (χ3v) is 2.96. The van der Waals surface area contributed by atoms with E-state index in [0.29, 0.717) is 18.4 Å². The molecule has 1 aromatic heterocycles. The number of carbonyl (C=O) groups is 1. The second-order valence-electron chi connectivity index (χ2n) is 3.84. The summed E-state index contributed by atoms with van der Waals surface area (Å²) in [5, 5.41) is 12.2. The van der Waals surface area contributed by atoms with E-state index in [0.717, 1.165) is 0 Å². The molecule has 0 aliphatic heterocycles. The van der Waals surface area contributed by atoms with Gasteiger partial charge in [-0.25, -0.2) is 0 Å². The van der Waals surface area contributed by atoms with Gasteiger partial charge in [-0.1, -0.05) is 13.8 Å². The molecule has 4 heteroatoms. The van der Waals surface area contributed by atoms with Crippen molar-refractivity contribution < 1.29 is 9.90 Å². The summed E-state index contributed by atoms with van der Waals surface area (Å²) in [5.74, 6) is -0.189. The van der Waals surface area contributed by atoms with Gasteiger partial charge in [0.15, 0.2) is 0 Å². The van der Waals surface area contributed by atoms with E-state index in [-0.39, 0.29) is 12.5 Å². The minimum Gasteiger partial charge on any atom is -0.394 e. The summed E-state index contributed by atoms with van der Waals surface area (Å²) in [6.45, 7) is 3.85. The van der Waals surface area contributed by atoms with Gasteiger partial charge >= 0.3 is 0 Å². The molecule has 0 spiro atoms. The van der Waals surface area contributed by atoms with Crippen molar-refractivity contribution in [2.75, 3.05) is 6.61 Å². The summed E-state index contributed by atoms with van der Waals surface area (Å²) in [4.78, 5) is 15.8. The molecule has 1 rings (SSSR count). The number of hydrogen-bond donors (Lipinski definition) is 2. The Hall–Kier alpha value is -1.42. The number of nitrogens with zero attached hydrogens (tertiary/aromatic N) is 1. The highest BCUT2D eigenvalue weighted by Crippen LogP contribution is 2.14. The number of aliphatic hydroxyl groups is 1. The SMILES string of the molecule is CCC(CC)(CO)NC(=O)c1cccnc1. The third kappa shape index (κ3) is 2.79. The molecule has 4 nitrogen and oxygen atoms in total. The van der Waals surface area contributed by atoms with Crippen LogP contribution in [0.5, 0.6) is 0 Å². The van der Waals surface area contributed by atoms with Crippen LogP contribution in [-0.2, 0) is 0 Å². The highest BCUT2D eigenvalue weighted by atomic mass is 16.3. The van der Waals surface area contributed by atoms with Gasteiger partial charge in [0.25, 0.3) is 5.91 Å². The molecule has 88 valence electrons. The summed E-state index contributed by atoms with van der Waals surface area (Å²) in [6, 6.07) is 3.42. The molecule has 0 radical (unpaired) electrons. The number of aromatic nitrogens is 1. The third-order valence-electron chi connectivity index (χ3n) is 2.96. The molecule has 0 aliphatic rings. The van der Waals surface area contributed by atoms with Gasteiger partial charge in [-0.15, -0.1) is 0 Å². The summed E-state index contributed by atoms with van der Waals surface area (Å²) < 4.78 is 0. The first kappa shape index (κ1) is 12.6. The highest BCUT2D eigenvalue weighted by molar-refractivity contribution is 5.94.